The van der Waals surface area contributed by atoms with Crippen LogP contribution < -0.4 is 4.74 Å². The van der Waals surface area contributed by atoms with Crippen molar-refractivity contribution in [2.45, 2.75) is 0 Å². The molecule has 1 aliphatic rings. The summed E-state index contributed by atoms with van der Waals surface area (Å²) in [5.41, 5.74) is 15.3. The summed E-state index contributed by atoms with van der Waals surface area (Å²) in [6.45, 7) is 0. The fraction of sp³-hybridized carbons (Fsp3) is 0. The van der Waals surface area contributed by atoms with Crippen molar-refractivity contribution >= 4 is 65.4 Å². The fourth-order valence-electron chi connectivity index (χ4n) is 9.71. The standard InChI is InChI=1S/C54H33N3O/c1-4-17-46-40(11-1)41-12-2-5-18-47(41)56(46)38-31-32-49-45(33-38)42-13-3-6-19-48(42)55(49)37-29-27-35(28-30-37)34-23-25-36(26-24-34)39-14-9-15-43-44-16-10-22-52-54(44)57(53(39)43)50-20-7-8-21-51(50)58-52/h1-33H. The van der Waals surface area contributed by atoms with Crippen LogP contribution in [0, 0.1) is 0 Å². The second-order valence-electron chi connectivity index (χ2n) is 15.3. The smallest absolute Gasteiger partial charge is 0.152 e. The second kappa shape index (κ2) is 11.8. The van der Waals surface area contributed by atoms with Crippen molar-refractivity contribution in [2.24, 2.45) is 0 Å². The molecule has 0 radical (unpaired) electrons. The summed E-state index contributed by atoms with van der Waals surface area (Å²) in [4.78, 5) is 0. The van der Waals surface area contributed by atoms with E-state index in [1.807, 2.05) is 6.07 Å². The zero-order valence-corrected chi connectivity index (χ0v) is 31.3. The molecule has 1 aliphatic heterocycles. The summed E-state index contributed by atoms with van der Waals surface area (Å²) in [7, 11) is 0. The average molecular weight is 740 g/mol. The molecule has 0 amide bonds. The Bertz CT molecular complexity index is 3580. The Hall–Kier alpha value is -7.82. The molecule has 9 aromatic carbocycles. The summed E-state index contributed by atoms with van der Waals surface area (Å²) in [5, 5.41) is 7.45. The number of nitrogens with zero attached hydrogens (tertiary/aromatic N) is 3. The molecule has 3 aromatic heterocycles. The van der Waals surface area contributed by atoms with Gasteiger partial charge in [0.05, 0.1) is 38.8 Å². The monoisotopic (exact) mass is 739 g/mol. The lowest BCUT2D eigenvalue weighted by Crippen LogP contribution is -2.04. The van der Waals surface area contributed by atoms with Crippen LogP contribution in [0.2, 0.25) is 0 Å². The number of rotatable bonds is 4. The van der Waals surface area contributed by atoms with E-state index in [1.165, 1.54) is 82.2 Å². The van der Waals surface area contributed by atoms with Crippen molar-refractivity contribution in [2.75, 3.05) is 0 Å². The van der Waals surface area contributed by atoms with Gasteiger partial charge in [0, 0.05) is 49.3 Å². The van der Waals surface area contributed by atoms with Crippen molar-refractivity contribution in [3.05, 3.63) is 200 Å². The normalized spacial score (nSPS) is 12.3. The van der Waals surface area contributed by atoms with E-state index in [4.69, 9.17) is 4.74 Å². The largest absolute Gasteiger partial charge is 0.453 e. The first-order chi connectivity index (χ1) is 28.8. The van der Waals surface area contributed by atoms with Crippen LogP contribution in [-0.4, -0.2) is 13.7 Å². The molecule has 4 heterocycles. The predicted octanol–water partition coefficient (Wildman–Crippen LogP) is 14.4. The third-order valence-electron chi connectivity index (χ3n) is 12.2. The highest BCUT2D eigenvalue weighted by Gasteiger charge is 2.25. The maximum Gasteiger partial charge on any atom is 0.152 e. The third kappa shape index (κ3) is 4.34. The minimum Gasteiger partial charge on any atom is -0.453 e. The Morgan fingerprint density at radius 3 is 1.48 bits per heavy atom. The number of aromatic nitrogens is 3. The Kier molecular flexibility index (Phi) is 6.41. The van der Waals surface area contributed by atoms with Gasteiger partial charge in [0.1, 0.15) is 0 Å². The summed E-state index contributed by atoms with van der Waals surface area (Å²) in [5.74, 6) is 1.76. The lowest BCUT2D eigenvalue weighted by Gasteiger charge is -2.21. The summed E-state index contributed by atoms with van der Waals surface area (Å²) in [6, 6.07) is 72.5. The molecule has 0 N–H and O–H groups in total. The molecule has 4 heteroatoms. The molecule has 0 atom stereocenters. The van der Waals surface area contributed by atoms with E-state index in [9.17, 15) is 0 Å². The van der Waals surface area contributed by atoms with E-state index >= 15 is 0 Å². The van der Waals surface area contributed by atoms with Crippen LogP contribution in [0.5, 0.6) is 11.5 Å². The third-order valence-corrected chi connectivity index (χ3v) is 12.2. The lowest BCUT2D eigenvalue weighted by molar-refractivity contribution is 0.476. The maximum absolute atomic E-state index is 6.38. The Labute approximate surface area is 333 Å². The van der Waals surface area contributed by atoms with Crippen LogP contribution in [0.15, 0.2) is 200 Å². The van der Waals surface area contributed by atoms with Crippen LogP contribution in [0.4, 0.5) is 0 Å². The first-order valence-corrected chi connectivity index (χ1v) is 19.8. The number of benzene rings is 9. The highest BCUT2D eigenvalue weighted by molar-refractivity contribution is 6.16. The van der Waals surface area contributed by atoms with Crippen LogP contribution in [0.25, 0.3) is 105 Å². The molecular formula is C54H33N3O. The molecule has 0 aliphatic carbocycles. The van der Waals surface area contributed by atoms with Gasteiger partial charge in [-0.1, -0.05) is 133 Å². The quantitative estimate of drug-likeness (QED) is 0.176. The predicted molar refractivity (Wildman–Crippen MR) is 240 cm³/mol. The van der Waals surface area contributed by atoms with E-state index in [0.717, 1.165) is 34.1 Å². The van der Waals surface area contributed by atoms with Gasteiger partial charge in [-0.05, 0) is 83.4 Å². The molecule has 0 saturated carbocycles. The molecule has 0 unspecified atom stereocenters. The molecule has 0 fully saturated rings. The van der Waals surface area contributed by atoms with E-state index in [-0.39, 0.29) is 0 Å². The highest BCUT2D eigenvalue weighted by atomic mass is 16.5. The SMILES string of the molecule is c1ccc2c(c1)Oc1cccc3c4cccc(-c5ccc(-c6ccc(-n7c8ccccc8c8cc(-n9c%10ccccc%10c%10ccccc%109)ccc87)cc6)cc5)c4n-2c13. The Morgan fingerprint density at radius 1 is 0.293 bits per heavy atom. The van der Waals surface area contributed by atoms with E-state index in [2.05, 4.69) is 208 Å². The van der Waals surface area contributed by atoms with Gasteiger partial charge in [-0.3, -0.25) is 0 Å². The Morgan fingerprint density at radius 2 is 0.776 bits per heavy atom. The number of hydrogen-bond donors (Lipinski definition) is 0. The van der Waals surface area contributed by atoms with Crippen molar-refractivity contribution < 1.29 is 4.74 Å². The molecular weight excluding hydrogens is 707 g/mol. The first kappa shape index (κ1) is 31.4. The topological polar surface area (TPSA) is 24.0 Å². The van der Waals surface area contributed by atoms with Crippen molar-refractivity contribution in [1.82, 2.24) is 13.7 Å². The molecule has 270 valence electrons. The number of hydrogen-bond acceptors (Lipinski definition) is 1. The number of ether oxygens (including phenoxy) is 1. The average Bonchev–Trinajstić information content (AvgIpc) is 3.93. The highest BCUT2D eigenvalue weighted by Crippen LogP contribution is 2.47. The minimum atomic E-state index is 0.874. The summed E-state index contributed by atoms with van der Waals surface area (Å²) < 4.78 is 13.6. The second-order valence-corrected chi connectivity index (χ2v) is 15.3. The molecule has 0 spiro atoms. The van der Waals surface area contributed by atoms with Gasteiger partial charge in [-0.15, -0.1) is 0 Å². The van der Waals surface area contributed by atoms with E-state index < -0.39 is 0 Å². The fourth-order valence-corrected chi connectivity index (χ4v) is 9.71. The van der Waals surface area contributed by atoms with Gasteiger partial charge < -0.3 is 18.4 Å². The maximum atomic E-state index is 6.38. The van der Waals surface area contributed by atoms with Crippen molar-refractivity contribution in [1.29, 1.82) is 0 Å². The van der Waals surface area contributed by atoms with Crippen LogP contribution >= 0.6 is 0 Å². The van der Waals surface area contributed by atoms with Gasteiger partial charge in [0.15, 0.2) is 11.5 Å². The first-order valence-electron chi connectivity index (χ1n) is 19.8. The van der Waals surface area contributed by atoms with E-state index in [1.54, 1.807) is 0 Å². The van der Waals surface area contributed by atoms with E-state index in [0.29, 0.717) is 0 Å². The number of para-hydroxylation sites is 7. The molecule has 4 nitrogen and oxygen atoms in total. The van der Waals surface area contributed by atoms with Crippen molar-refractivity contribution in [3.8, 4) is 50.8 Å². The number of fused-ring (bicyclic) bond motifs is 11. The molecule has 0 saturated heterocycles. The molecule has 0 bridgehead atoms. The molecule has 13 rings (SSSR count). The molecule has 12 aromatic rings. The van der Waals surface area contributed by atoms with Gasteiger partial charge in [0.2, 0.25) is 0 Å². The van der Waals surface area contributed by atoms with Gasteiger partial charge >= 0.3 is 0 Å². The summed E-state index contributed by atoms with van der Waals surface area (Å²) >= 11 is 0. The van der Waals surface area contributed by atoms with Crippen LogP contribution in [0.1, 0.15) is 0 Å². The van der Waals surface area contributed by atoms with Gasteiger partial charge in [0.25, 0.3) is 0 Å². The van der Waals surface area contributed by atoms with Crippen molar-refractivity contribution in [3.63, 3.8) is 0 Å². The minimum absolute atomic E-state index is 0.874. The van der Waals surface area contributed by atoms with Gasteiger partial charge in [-0.2, -0.15) is 0 Å². The van der Waals surface area contributed by atoms with Crippen LogP contribution in [0.3, 0.4) is 0 Å². The van der Waals surface area contributed by atoms with Gasteiger partial charge in [-0.25, -0.2) is 0 Å². The zero-order valence-electron chi connectivity index (χ0n) is 31.3. The van der Waals surface area contributed by atoms with Crippen LogP contribution in [-0.2, 0) is 0 Å². The summed E-state index contributed by atoms with van der Waals surface area (Å²) in [6.07, 6.45) is 0. The zero-order chi connectivity index (χ0) is 37.9. The Balaban J connectivity index is 0.890. The lowest BCUT2D eigenvalue weighted by atomic mass is 9.98. The molecule has 58 heavy (non-hydrogen) atoms.